The third-order valence-electron chi connectivity index (χ3n) is 2.30. The summed E-state index contributed by atoms with van der Waals surface area (Å²) < 4.78 is 17.3. The van der Waals surface area contributed by atoms with E-state index in [1.807, 2.05) is 19.3 Å². The van der Waals surface area contributed by atoms with Crippen LogP contribution in [0.15, 0.2) is 12.3 Å². The Labute approximate surface area is 108 Å². The van der Waals surface area contributed by atoms with Gasteiger partial charge in [-0.15, -0.1) is 0 Å². The zero-order valence-electron chi connectivity index (χ0n) is 11.2. The largest absolute Gasteiger partial charge is 0.382 e. The van der Waals surface area contributed by atoms with Crippen LogP contribution in [-0.2, 0) is 27.8 Å². The molecule has 0 unspecified atom stereocenters. The first kappa shape index (κ1) is 15.1. The number of aromatic nitrogens is 2. The van der Waals surface area contributed by atoms with Gasteiger partial charge in [0.05, 0.1) is 38.7 Å². The Morgan fingerprint density at radius 1 is 1.17 bits per heavy atom. The molecule has 1 rings (SSSR count). The minimum atomic E-state index is 0.615. The van der Waals surface area contributed by atoms with E-state index in [2.05, 4.69) is 10.4 Å². The second kappa shape index (κ2) is 10.0. The second-order valence-electron chi connectivity index (χ2n) is 3.88. The van der Waals surface area contributed by atoms with Crippen molar-refractivity contribution < 1.29 is 14.2 Å². The predicted molar refractivity (Wildman–Crippen MR) is 68.4 cm³/mol. The molecule has 1 aromatic heterocycles. The number of nitrogens with zero attached hydrogens (tertiary/aromatic N) is 2. The summed E-state index contributed by atoms with van der Waals surface area (Å²) in [4.78, 5) is 0. The minimum absolute atomic E-state index is 0.615. The molecule has 0 aliphatic heterocycles. The average Bonchev–Trinajstić information content (AvgIpc) is 2.77. The third-order valence-corrected chi connectivity index (χ3v) is 2.30. The van der Waals surface area contributed by atoms with Crippen molar-refractivity contribution in [2.75, 3.05) is 46.7 Å². The maximum atomic E-state index is 5.40. The number of aryl methyl sites for hydroxylation is 1. The molecule has 0 aromatic carbocycles. The Balaban J connectivity index is 1.81. The zero-order valence-corrected chi connectivity index (χ0v) is 11.2. The number of nitrogens with one attached hydrogen (secondary N) is 1. The molecule has 0 bridgehead atoms. The first-order chi connectivity index (χ1) is 8.83. The lowest BCUT2D eigenvalue weighted by atomic mass is 10.4. The van der Waals surface area contributed by atoms with Gasteiger partial charge < -0.3 is 19.5 Å². The van der Waals surface area contributed by atoms with E-state index in [0.717, 1.165) is 18.8 Å². The third kappa shape index (κ3) is 7.39. The number of methoxy groups -OCH3 is 1. The van der Waals surface area contributed by atoms with Crippen LogP contribution in [0.5, 0.6) is 0 Å². The standard InChI is InChI=1S/C12H23N3O3/c1-15-5-3-12(14-15)11-13-4-6-17-9-10-18-8-7-16-2/h3,5,13H,4,6-11H2,1-2H3. The fourth-order valence-electron chi connectivity index (χ4n) is 1.38. The van der Waals surface area contributed by atoms with E-state index in [4.69, 9.17) is 14.2 Å². The normalized spacial score (nSPS) is 11.0. The molecular weight excluding hydrogens is 234 g/mol. The molecule has 0 saturated heterocycles. The quantitative estimate of drug-likeness (QED) is 0.573. The summed E-state index contributed by atoms with van der Waals surface area (Å²) >= 11 is 0. The average molecular weight is 257 g/mol. The van der Waals surface area contributed by atoms with Crippen LogP contribution in [0.3, 0.4) is 0 Å². The molecule has 104 valence electrons. The number of rotatable bonds is 11. The van der Waals surface area contributed by atoms with Gasteiger partial charge in [0.1, 0.15) is 0 Å². The van der Waals surface area contributed by atoms with Crippen LogP contribution in [0, 0.1) is 0 Å². The highest BCUT2D eigenvalue weighted by Crippen LogP contribution is 1.92. The van der Waals surface area contributed by atoms with Crippen LogP contribution < -0.4 is 5.32 Å². The van der Waals surface area contributed by atoms with E-state index in [0.29, 0.717) is 33.0 Å². The van der Waals surface area contributed by atoms with Gasteiger partial charge in [0.25, 0.3) is 0 Å². The maximum absolute atomic E-state index is 5.40. The molecule has 1 heterocycles. The number of ether oxygens (including phenoxy) is 3. The summed E-state index contributed by atoms with van der Waals surface area (Å²) in [6.07, 6.45) is 1.94. The van der Waals surface area contributed by atoms with Crippen molar-refractivity contribution in [2.24, 2.45) is 7.05 Å². The predicted octanol–water partition coefficient (Wildman–Crippen LogP) is 0.189. The second-order valence-corrected chi connectivity index (χ2v) is 3.88. The highest BCUT2D eigenvalue weighted by atomic mass is 16.5. The van der Waals surface area contributed by atoms with E-state index in [1.54, 1.807) is 11.8 Å². The van der Waals surface area contributed by atoms with Crippen LogP contribution in [-0.4, -0.2) is 56.5 Å². The molecule has 0 saturated carbocycles. The number of hydrogen-bond acceptors (Lipinski definition) is 5. The number of hydrogen-bond donors (Lipinski definition) is 1. The summed E-state index contributed by atoms with van der Waals surface area (Å²) in [7, 11) is 3.57. The van der Waals surface area contributed by atoms with Crippen LogP contribution in [0.25, 0.3) is 0 Å². The molecular formula is C12H23N3O3. The van der Waals surface area contributed by atoms with Gasteiger partial charge in [-0.05, 0) is 6.07 Å². The van der Waals surface area contributed by atoms with Gasteiger partial charge in [-0.1, -0.05) is 0 Å². The molecule has 1 aromatic rings. The van der Waals surface area contributed by atoms with Crippen molar-refractivity contribution in [1.82, 2.24) is 15.1 Å². The Hall–Kier alpha value is -0.950. The maximum Gasteiger partial charge on any atom is 0.0762 e. The van der Waals surface area contributed by atoms with Crippen molar-refractivity contribution in [3.63, 3.8) is 0 Å². The zero-order chi connectivity index (χ0) is 13.1. The van der Waals surface area contributed by atoms with E-state index >= 15 is 0 Å². The molecule has 0 radical (unpaired) electrons. The van der Waals surface area contributed by atoms with E-state index in [1.165, 1.54) is 0 Å². The van der Waals surface area contributed by atoms with E-state index in [9.17, 15) is 0 Å². The Morgan fingerprint density at radius 3 is 2.56 bits per heavy atom. The highest BCUT2D eigenvalue weighted by Gasteiger charge is 1.95. The fourth-order valence-corrected chi connectivity index (χ4v) is 1.38. The summed E-state index contributed by atoms with van der Waals surface area (Å²) in [5.74, 6) is 0. The van der Waals surface area contributed by atoms with Gasteiger partial charge in [0.2, 0.25) is 0 Å². The van der Waals surface area contributed by atoms with Gasteiger partial charge in [-0.2, -0.15) is 5.10 Å². The van der Waals surface area contributed by atoms with Gasteiger partial charge in [0, 0.05) is 33.4 Å². The summed E-state index contributed by atoms with van der Waals surface area (Å²) in [6.45, 7) is 4.76. The lowest BCUT2D eigenvalue weighted by molar-refractivity contribution is 0.0255. The SMILES string of the molecule is COCCOCCOCCNCc1ccn(C)n1. The van der Waals surface area contributed by atoms with E-state index in [-0.39, 0.29) is 0 Å². The first-order valence-electron chi connectivity index (χ1n) is 6.16. The molecule has 18 heavy (non-hydrogen) atoms. The van der Waals surface area contributed by atoms with Crippen LogP contribution in [0.1, 0.15) is 5.69 Å². The molecule has 1 N–H and O–H groups in total. The van der Waals surface area contributed by atoms with Crippen molar-refractivity contribution >= 4 is 0 Å². The Kier molecular flexibility index (Phi) is 8.41. The van der Waals surface area contributed by atoms with Crippen LogP contribution in [0.4, 0.5) is 0 Å². The van der Waals surface area contributed by atoms with Crippen molar-refractivity contribution in [2.45, 2.75) is 6.54 Å². The Morgan fingerprint density at radius 2 is 1.89 bits per heavy atom. The topological polar surface area (TPSA) is 57.5 Å². The molecule has 0 amide bonds. The molecule has 0 aliphatic carbocycles. The molecule has 6 nitrogen and oxygen atoms in total. The molecule has 0 atom stereocenters. The minimum Gasteiger partial charge on any atom is -0.382 e. The van der Waals surface area contributed by atoms with Gasteiger partial charge in [0.15, 0.2) is 0 Å². The van der Waals surface area contributed by atoms with Crippen molar-refractivity contribution in [3.05, 3.63) is 18.0 Å². The summed E-state index contributed by atoms with van der Waals surface area (Å²) in [5.41, 5.74) is 1.04. The van der Waals surface area contributed by atoms with Crippen LogP contribution in [0.2, 0.25) is 0 Å². The monoisotopic (exact) mass is 257 g/mol. The lowest BCUT2D eigenvalue weighted by Gasteiger charge is -2.06. The highest BCUT2D eigenvalue weighted by molar-refractivity contribution is 4.97. The first-order valence-corrected chi connectivity index (χ1v) is 6.16. The van der Waals surface area contributed by atoms with Crippen LogP contribution >= 0.6 is 0 Å². The summed E-state index contributed by atoms with van der Waals surface area (Å²) in [6, 6.07) is 2.00. The van der Waals surface area contributed by atoms with Crippen molar-refractivity contribution in [1.29, 1.82) is 0 Å². The summed E-state index contributed by atoms with van der Waals surface area (Å²) in [5, 5.41) is 7.53. The van der Waals surface area contributed by atoms with Crippen molar-refractivity contribution in [3.8, 4) is 0 Å². The molecule has 0 aliphatic rings. The smallest absolute Gasteiger partial charge is 0.0762 e. The van der Waals surface area contributed by atoms with Gasteiger partial charge >= 0.3 is 0 Å². The molecule has 0 fully saturated rings. The molecule has 0 spiro atoms. The van der Waals surface area contributed by atoms with E-state index < -0.39 is 0 Å². The lowest BCUT2D eigenvalue weighted by Crippen LogP contribution is -2.20. The van der Waals surface area contributed by atoms with Gasteiger partial charge in [-0.3, -0.25) is 4.68 Å². The molecule has 6 heteroatoms. The Bertz CT molecular complexity index is 305. The van der Waals surface area contributed by atoms with Gasteiger partial charge in [-0.25, -0.2) is 0 Å². The fraction of sp³-hybridized carbons (Fsp3) is 0.750.